The summed E-state index contributed by atoms with van der Waals surface area (Å²) in [6, 6.07) is 8.58. The van der Waals surface area contributed by atoms with Gasteiger partial charge in [0.05, 0.1) is 0 Å². The van der Waals surface area contributed by atoms with Crippen LogP contribution in [0.15, 0.2) is 24.3 Å². The molecule has 1 unspecified atom stereocenters. The van der Waals surface area contributed by atoms with E-state index in [9.17, 15) is 4.79 Å². The summed E-state index contributed by atoms with van der Waals surface area (Å²) in [5.74, 6) is 0.0117. The number of amides is 1. The molecule has 1 aromatic heterocycles. The average molecular weight is 374 g/mol. The number of hydrogen-bond acceptors (Lipinski definition) is 6. The molecule has 6 nitrogen and oxygen atoms in total. The summed E-state index contributed by atoms with van der Waals surface area (Å²) in [6.07, 6.45) is 1.37. The second kappa shape index (κ2) is 8.70. The largest absolute Gasteiger partial charge is 0.304 e. The summed E-state index contributed by atoms with van der Waals surface area (Å²) in [5, 5.41) is 12.6. The highest BCUT2D eigenvalue weighted by Gasteiger charge is 2.20. The van der Waals surface area contributed by atoms with Crippen LogP contribution < -0.4 is 5.32 Å². The molecule has 1 aliphatic rings. The number of carbonyl (C=O) groups excluding carboxylic acids is 1. The Morgan fingerprint density at radius 1 is 1.19 bits per heavy atom. The normalized spacial score (nSPS) is 17.2. The number of aryl methyl sites for hydroxylation is 1. The molecule has 26 heavy (non-hydrogen) atoms. The molecule has 2 aromatic rings. The van der Waals surface area contributed by atoms with Gasteiger partial charge < -0.3 is 10.2 Å². The summed E-state index contributed by atoms with van der Waals surface area (Å²) < 4.78 is 0. The first kappa shape index (κ1) is 18.9. The molecule has 1 fully saturated rings. The van der Waals surface area contributed by atoms with Crippen molar-refractivity contribution in [1.29, 1.82) is 0 Å². The standard InChI is InChI=1S/C19H27N5OS/c1-14-4-7-16(8-5-14)18-21-22-19(26-18)20-17(25)9-6-15(2)24-12-10-23(3)11-13-24/h4-5,7-8,15H,6,9-13H2,1-3H3,(H,20,22,25). The molecule has 1 atom stereocenters. The molecule has 1 aromatic carbocycles. The van der Waals surface area contributed by atoms with Gasteiger partial charge in [-0.1, -0.05) is 41.2 Å². The molecular formula is C19H27N5OS. The third kappa shape index (κ3) is 5.09. The number of aromatic nitrogens is 2. The zero-order valence-electron chi connectivity index (χ0n) is 15.7. The maximum atomic E-state index is 12.2. The zero-order chi connectivity index (χ0) is 18.5. The minimum absolute atomic E-state index is 0.0117. The monoisotopic (exact) mass is 373 g/mol. The Hall–Kier alpha value is -1.83. The molecular weight excluding hydrogens is 346 g/mol. The minimum atomic E-state index is 0.0117. The molecule has 0 bridgehead atoms. The van der Waals surface area contributed by atoms with Crippen LogP contribution in [0, 0.1) is 6.92 Å². The predicted octanol–water partition coefficient (Wildman–Crippen LogP) is 2.87. The van der Waals surface area contributed by atoms with E-state index in [1.165, 1.54) is 16.9 Å². The van der Waals surface area contributed by atoms with E-state index < -0.39 is 0 Å². The van der Waals surface area contributed by atoms with Crippen molar-refractivity contribution >= 4 is 22.4 Å². The molecule has 1 saturated heterocycles. The Bertz CT molecular complexity index is 722. The first-order chi connectivity index (χ1) is 12.5. The van der Waals surface area contributed by atoms with Crippen molar-refractivity contribution in [2.75, 3.05) is 38.5 Å². The van der Waals surface area contributed by atoms with Crippen molar-refractivity contribution in [2.45, 2.75) is 32.7 Å². The number of likely N-dealkylation sites (N-methyl/N-ethyl adjacent to an activating group) is 1. The van der Waals surface area contributed by atoms with Gasteiger partial charge >= 0.3 is 0 Å². The smallest absolute Gasteiger partial charge is 0.226 e. The first-order valence-electron chi connectivity index (χ1n) is 9.14. The Kier molecular flexibility index (Phi) is 6.34. The summed E-state index contributed by atoms with van der Waals surface area (Å²) in [4.78, 5) is 17.1. The van der Waals surface area contributed by atoms with Gasteiger partial charge in [-0.15, -0.1) is 10.2 Å². The predicted molar refractivity (Wildman–Crippen MR) is 106 cm³/mol. The van der Waals surface area contributed by atoms with Gasteiger partial charge in [0.2, 0.25) is 11.0 Å². The van der Waals surface area contributed by atoms with Crippen molar-refractivity contribution in [3.05, 3.63) is 29.8 Å². The quantitative estimate of drug-likeness (QED) is 0.844. The van der Waals surface area contributed by atoms with Gasteiger partial charge in [0.25, 0.3) is 0 Å². The molecule has 1 N–H and O–H groups in total. The highest BCUT2D eigenvalue weighted by Crippen LogP contribution is 2.26. The van der Waals surface area contributed by atoms with E-state index in [0.29, 0.717) is 17.6 Å². The van der Waals surface area contributed by atoms with Crippen LogP contribution in [0.3, 0.4) is 0 Å². The highest BCUT2D eigenvalue weighted by atomic mass is 32.1. The summed E-state index contributed by atoms with van der Waals surface area (Å²) >= 11 is 1.41. The summed E-state index contributed by atoms with van der Waals surface area (Å²) in [5.41, 5.74) is 2.23. The molecule has 0 spiro atoms. The molecule has 1 amide bonds. The first-order valence-corrected chi connectivity index (χ1v) is 9.96. The van der Waals surface area contributed by atoms with E-state index in [4.69, 9.17) is 0 Å². The lowest BCUT2D eigenvalue weighted by Crippen LogP contribution is -2.48. The molecule has 2 heterocycles. The van der Waals surface area contributed by atoms with Crippen LogP contribution in [-0.4, -0.2) is 65.2 Å². The SMILES string of the molecule is Cc1ccc(-c2nnc(NC(=O)CCC(C)N3CCN(C)CC3)s2)cc1. The van der Waals surface area contributed by atoms with Crippen LogP contribution in [0.2, 0.25) is 0 Å². The van der Waals surface area contributed by atoms with Crippen LogP contribution >= 0.6 is 11.3 Å². The molecule has 0 aliphatic carbocycles. The minimum Gasteiger partial charge on any atom is -0.304 e. The van der Waals surface area contributed by atoms with Crippen molar-refractivity contribution in [3.63, 3.8) is 0 Å². The van der Waals surface area contributed by atoms with Crippen molar-refractivity contribution in [2.24, 2.45) is 0 Å². The van der Waals surface area contributed by atoms with Gasteiger partial charge in [-0.25, -0.2) is 0 Å². The fraction of sp³-hybridized carbons (Fsp3) is 0.526. The molecule has 1 aliphatic heterocycles. The van der Waals surface area contributed by atoms with E-state index in [0.717, 1.165) is 43.2 Å². The van der Waals surface area contributed by atoms with Crippen LogP contribution in [0.25, 0.3) is 10.6 Å². The number of benzene rings is 1. The maximum Gasteiger partial charge on any atom is 0.226 e. The van der Waals surface area contributed by atoms with E-state index in [1.807, 2.05) is 12.1 Å². The molecule has 7 heteroatoms. The fourth-order valence-corrected chi connectivity index (χ4v) is 3.82. The number of nitrogens with one attached hydrogen (secondary N) is 1. The average Bonchev–Trinajstić information content (AvgIpc) is 3.09. The number of piperazine rings is 1. The zero-order valence-corrected chi connectivity index (χ0v) is 16.6. The van der Waals surface area contributed by atoms with Gasteiger partial charge in [-0.05, 0) is 27.3 Å². The summed E-state index contributed by atoms with van der Waals surface area (Å²) in [7, 11) is 2.16. The van der Waals surface area contributed by atoms with E-state index in [2.05, 4.69) is 58.3 Å². The van der Waals surface area contributed by atoms with Gasteiger partial charge in [-0.2, -0.15) is 0 Å². The van der Waals surface area contributed by atoms with Gasteiger partial charge in [-0.3, -0.25) is 9.69 Å². The number of hydrogen-bond donors (Lipinski definition) is 1. The van der Waals surface area contributed by atoms with E-state index >= 15 is 0 Å². The van der Waals surface area contributed by atoms with Crippen LogP contribution in [-0.2, 0) is 4.79 Å². The van der Waals surface area contributed by atoms with E-state index in [1.54, 1.807) is 0 Å². The van der Waals surface area contributed by atoms with Crippen LogP contribution in [0.4, 0.5) is 5.13 Å². The lowest BCUT2D eigenvalue weighted by Gasteiger charge is -2.36. The second-order valence-corrected chi connectivity index (χ2v) is 8.03. The lowest BCUT2D eigenvalue weighted by molar-refractivity contribution is -0.116. The second-order valence-electron chi connectivity index (χ2n) is 7.05. The number of rotatable bonds is 6. The van der Waals surface area contributed by atoms with Crippen molar-refractivity contribution < 1.29 is 4.79 Å². The Morgan fingerprint density at radius 3 is 2.58 bits per heavy atom. The van der Waals surface area contributed by atoms with E-state index in [-0.39, 0.29) is 5.91 Å². The lowest BCUT2D eigenvalue weighted by atomic mass is 10.1. The van der Waals surface area contributed by atoms with Crippen molar-refractivity contribution in [3.8, 4) is 10.6 Å². The molecule has 140 valence electrons. The van der Waals surface area contributed by atoms with Gasteiger partial charge in [0, 0.05) is 44.2 Å². The van der Waals surface area contributed by atoms with Gasteiger partial charge in [0.15, 0.2) is 0 Å². The number of nitrogens with zero attached hydrogens (tertiary/aromatic N) is 4. The highest BCUT2D eigenvalue weighted by molar-refractivity contribution is 7.18. The van der Waals surface area contributed by atoms with Gasteiger partial charge in [0.1, 0.15) is 5.01 Å². The van der Waals surface area contributed by atoms with Crippen LogP contribution in [0.1, 0.15) is 25.3 Å². The maximum absolute atomic E-state index is 12.2. The Labute approximate surface area is 159 Å². The molecule has 0 radical (unpaired) electrons. The Morgan fingerprint density at radius 2 is 1.88 bits per heavy atom. The number of carbonyl (C=O) groups is 1. The topological polar surface area (TPSA) is 61.4 Å². The molecule has 0 saturated carbocycles. The van der Waals surface area contributed by atoms with Crippen LogP contribution in [0.5, 0.6) is 0 Å². The summed E-state index contributed by atoms with van der Waals surface area (Å²) in [6.45, 7) is 8.62. The Balaban J connectivity index is 1.47. The third-order valence-corrected chi connectivity index (χ3v) is 5.81. The van der Waals surface area contributed by atoms with Crippen molar-refractivity contribution in [1.82, 2.24) is 20.0 Å². The fourth-order valence-electron chi connectivity index (χ4n) is 3.05. The third-order valence-electron chi connectivity index (χ3n) is 4.92. The number of anilines is 1. The molecule has 3 rings (SSSR count).